The lowest BCUT2D eigenvalue weighted by Crippen LogP contribution is -2.39. The maximum atomic E-state index is 14.0. The number of halogens is 2. The zero-order chi connectivity index (χ0) is 31.5. The molecule has 0 unspecified atom stereocenters. The highest BCUT2D eigenvalue weighted by Gasteiger charge is 2.33. The van der Waals surface area contributed by atoms with Crippen LogP contribution in [0.3, 0.4) is 0 Å². The smallest absolute Gasteiger partial charge is 0.338 e. The van der Waals surface area contributed by atoms with Crippen LogP contribution in [0.2, 0.25) is 10.0 Å². The van der Waals surface area contributed by atoms with Gasteiger partial charge in [-0.2, -0.15) is 5.26 Å². The molecule has 0 spiro atoms. The summed E-state index contributed by atoms with van der Waals surface area (Å²) in [4.78, 5) is 32.2. The molecule has 0 saturated heterocycles. The molecule has 4 aromatic rings. The summed E-state index contributed by atoms with van der Waals surface area (Å²) in [6.07, 6.45) is 1.69. The Labute approximate surface area is 268 Å². The second-order valence-corrected chi connectivity index (χ2v) is 12.3. The lowest BCUT2D eigenvalue weighted by molar-refractivity contribution is -0.139. The van der Waals surface area contributed by atoms with E-state index in [4.69, 9.17) is 32.7 Å². The van der Waals surface area contributed by atoms with Crippen LogP contribution in [0.1, 0.15) is 67.5 Å². The monoisotopic (exact) mass is 645 g/mol. The van der Waals surface area contributed by atoms with Crippen LogP contribution in [-0.2, 0) is 16.1 Å². The fraction of sp³-hybridized carbons (Fsp3) is 0.235. The van der Waals surface area contributed by atoms with E-state index in [-0.39, 0.29) is 34.6 Å². The Hall–Kier alpha value is -4.16. The van der Waals surface area contributed by atoms with Crippen LogP contribution in [0.4, 0.5) is 0 Å². The maximum absolute atomic E-state index is 14.0. The number of benzene rings is 3. The number of allylic oxidation sites excluding steroid dienone is 1. The molecule has 0 radical (unpaired) electrons. The van der Waals surface area contributed by atoms with Crippen LogP contribution in [-0.4, -0.2) is 17.1 Å². The Morgan fingerprint density at radius 3 is 2.45 bits per heavy atom. The van der Waals surface area contributed by atoms with Gasteiger partial charge in [0.1, 0.15) is 6.61 Å². The van der Waals surface area contributed by atoms with Crippen LogP contribution in [0, 0.1) is 11.3 Å². The van der Waals surface area contributed by atoms with Gasteiger partial charge in [0.05, 0.1) is 50.1 Å². The van der Waals surface area contributed by atoms with E-state index in [0.29, 0.717) is 43.2 Å². The van der Waals surface area contributed by atoms with Gasteiger partial charge >= 0.3 is 5.97 Å². The zero-order valence-electron chi connectivity index (χ0n) is 24.6. The number of rotatable bonds is 8. The molecule has 1 aliphatic rings. The summed E-state index contributed by atoms with van der Waals surface area (Å²) in [5, 5.41) is 9.87. The molecule has 44 heavy (non-hydrogen) atoms. The number of nitrogens with zero attached hydrogens (tertiary/aromatic N) is 3. The number of hydrogen-bond donors (Lipinski definition) is 0. The van der Waals surface area contributed by atoms with E-state index in [1.807, 2.05) is 30.3 Å². The number of ether oxygens (including phenoxy) is 2. The highest BCUT2D eigenvalue weighted by molar-refractivity contribution is 7.07. The standard InChI is InChI=1S/C34H29Cl2N3O4S/c1-5-42-33(41)29-20(4)38-34-39(30(29)23-12-10-22(11-13-23)19(2)3)32(40)28(44-34)16-21-14-26(35)31(27(36)15-21)43-18-25-9-7-6-8-24(25)17-37/h6-16,19,30H,5,18H2,1-4H3/t30-/m0/s1. The lowest BCUT2D eigenvalue weighted by atomic mass is 9.93. The van der Waals surface area contributed by atoms with Crippen molar-refractivity contribution in [2.75, 3.05) is 6.61 Å². The zero-order valence-corrected chi connectivity index (χ0v) is 26.9. The maximum Gasteiger partial charge on any atom is 0.338 e. The molecule has 10 heteroatoms. The Bertz CT molecular complexity index is 1980. The van der Waals surface area contributed by atoms with Gasteiger partial charge in [-0.25, -0.2) is 9.79 Å². The topological polar surface area (TPSA) is 93.7 Å². The molecule has 0 N–H and O–H groups in total. The first-order valence-corrected chi connectivity index (χ1v) is 15.6. The molecule has 224 valence electrons. The van der Waals surface area contributed by atoms with Crippen molar-refractivity contribution >= 4 is 46.6 Å². The predicted molar refractivity (Wildman–Crippen MR) is 173 cm³/mol. The first kappa shape index (κ1) is 31.3. The number of esters is 1. The van der Waals surface area contributed by atoms with Crippen molar-refractivity contribution in [3.8, 4) is 11.8 Å². The van der Waals surface area contributed by atoms with Crippen molar-refractivity contribution in [3.63, 3.8) is 0 Å². The molecule has 1 aromatic heterocycles. The van der Waals surface area contributed by atoms with Gasteiger partial charge in [0.25, 0.3) is 5.56 Å². The number of fused-ring (bicyclic) bond motifs is 1. The van der Waals surface area contributed by atoms with Crippen molar-refractivity contribution in [1.29, 1.82) is 5.26 Å². The van der Waals surface area contributed by atoms with Crippen LogP contribution < -0.4 is 19.6 Å². The highest BCUT2D eigenvalue weighted by atomic mass is 35.5. The second kappa shape index (κ2) is 13.2. The third-order valence-corrected chi connectivity index (χ3v) is 8.81. The number of hydrogen-bond acceptors (Lipinski definition) is 7. The van der Waals surface area contributed by atoms with Crippen molar-refractivity contribution in [1.82, 2.24) is 4.57 Å². The first-order valence-electron chi connectivity index (χ1n) is 14.0. The fourth-order valence-corrected chi connectivity index (χ4v) is 6.69. The normalized spacial score (nSPS) is 14.7. The average Bonchev–Trinajstić information content (AvgIpc) is 3.30. The van der Waals surface area contributed by atoms with E-state index in [0.717, 1.165) is 11.1 Å². The molecular formula is C34H29Cl2N3O4S. The number of carbonyl (C=O) groups is 1. The minimum absolute atomic E-state index is 0.113. The van der Waals surface area contributed by atoms with E-state index in [1.165, 1.54) is 11.3 Å². The fourth-order valence-electron chi connectivity index (χ4n) is 5.03. The van der Waals surface area contributed by atoms with E-state index in [1.54, 1.807) is 54.8 Å². The van der Waals surface area contributed by atoms with Gasteiger partial charge in [0.2, 0.25) is 0 Å². The largest absolute Gasteiger partial charge is 0.486 e. The highest BCUT2D eigenvalue weighted by Crippen LogP contribution is 2.35. The molecule has 5 rings (SSSR count). The quantitative estimate of drug-likeness (QED) is 0.199. The van der Waals surface area contributed by atoms with Gasteiger partial charge < -0.3 is 9.47 Å². The van der Waals surface area contributed by atoms with Crippen molar-refractivity contribution in [2.45, 2.75) is 46.3 Å². The molecule has 0 aliphatic carbocycles. The summed E-state index contributed by atoms with van der Waals surface area (Å²) in [5.41, 5.74) is 4.25. The third kappa shape index (κ3) is 6.22. The average molecular weight is 647 g/mol. The number of thiazole rings is 1. The number of nitriles is 1. The molecule has 1 atom stereocenters. The van der Waals surface area contributed by atoms with Gasteiger partial charge in [-0.05, 0) is 60.7 Å². The Kier molecular flexibility index (Phi) is 9.40. The van der Waals surface area contributed by atoms with Gasteiger partial charge in [-0.15, -0.1) is 0 Å². The summed E-state index contributed by atoms with van der Waals surface area (Å²) in [6, 6.07) is 19.8. The lowest BCUT2D eigenvalue weighted by Gasteiger charge is -2.25. The minimum Gasteiger partial charge on any atom is -0.486 e. The van der Waals surface area contributed by atoms with Crippen LogP contribution >= 0.6 is 34.5 Å². The summed E-state index contributed by atoms with van der Waals surface area (Å²) < 4.78 is 13.2. The van der Waals surface area contributed by atoms with E-state index in [9.17, 15) is 14.9 Å². The van der Waals surface area contributed by atoms with Gasteiger partial charge in [-0.3, -0.25) is 9.36 Å². The molecule has 0 amide bonds. The molecule has 3 aromatic carbocycles. The summed E-state index contributed by atoms with van der Waals surface area (Å²) >= 11 is 14.4. The Morgan fingerprint density at radius 1 is 1.14 bits per heavy atom. The van der Waals surface area contributed by atoms with Gasteiger partial charge in [0, 0.05) is 5.56 Å². The predicted octanol–water partition coefficient (Wildman–Crippen LogP) is 6.68. The van der Waals surface area contributed by atoms with Crippen molar-refractivity contribution < 1.29 is 14.3 Å². The summed E-state index contributed by atoms with van der Waals surface area (Å²) in [5.74, 6) is 0.100. The summed E-state index contributed by atoms with van der Waals surface area (Å²) in [7, 11) is 0. The molecule has 0 bridgehead atoms. The van der Waals surface area contributed by atoms with E-state index >= 15 is 0 Å². The SMILES string of the molecule is CCOC(=O)C1=C(C)N=c2sc(=Cc3cc(Cl)c(OCc4ccccc4C#N)c(Cl)c3)c(=O)n2[C@H]1c1ccc(C(C)C)cc1. The van der Waals surface area contributed by atoms with Crippen molar-refractivity contribution in [3.05, 3.63) is 129 Å². The van der Waals surface area contributed by atoms with Crippen molar-refractivity contribution in [2.24, 2.45) is 4.99 Å². The molecule has 2 heterocycles. The molecule has 1 aliphatic heterocycles. The van der Waals surface area contributed by atoms with Crippen LogP contribution in [0.25, 0.3) is 6.08 Å². The Balaban J connectivity index is 1.55. The number of aromatic nitrogens is 1. The van der Waals surface area contributed by atoms with E-state index in [2.05, 4.69) is 24.9 Å². The number of carbonyl (C=O) groups excluding carboxylic acids is 1. The minimum atomic E-state index is -0.701. The van der Waals surface area contributed by atoms with Crippen LogP contribution in [0.5, 0.6) is 5.75 Å². The van der Waals surface area contributed by atoms with Gasteiger partial charge in [0.15, 0.2) is 10.6 Å². The molecule has 0 fully saturated rings. The third-order valence-electron chi connectivity index (χ3n) is 7.26. The Morgan fingerprint density at radius 2 is 1.82 bits per heavy atom. The van der Waals surface area contributed by atoms with Gasteiger partial charge in [-0.1, -0.05) is 90.9 Å². The van der Waals surface area contributed by atoms with Crippen LogP contribution in [0.15, 0.2) is 81.7 Å². The molecule has 7 nitrogen and oxygen atoms in total. The molecular weight excluding hydrogens is 617 g/mol. The molecule has 0 saturated carbocycles. The van der Waals surface area contributed by atoms with E-state index < -0.39 is 12.0 Å². The first-order chi connectivity index (χ1) is 21.1. The second-order valence-electron chi connectivity index (χ2n) is 10.5. The summed E-state index contributed by atoms with van der Waals surface area (Å²) in [6.45, 7) is 8.03.